The number of alkyl halides is 1. The van der Waals surface area contributed by atoms with Gasteiger partial charge in [0.2, 0.25) is 5.91 Å². The number of halogens is 1. The molecular weight excluding hydrogens is 488 g/mol. The first kappa shape index (κ1) is 24.3. The zero-order valence-electron chi connectivity index (χ0n) is 19.6. The molecule has 0 radical (unpaired) electrons. The van der Waals surface area contributed by atoms with Gasteiger partial charge in [0.15, 0.2) is 10.8 Å². The molecule has 2 aromatic heterocycles. The molecule has 2 aliphatic heterocycles. The Morgan fingerprint density at radius 2 is 2.09 bits per heavy atom. The number of hydrogen-bond donors (Lipinski definition) is 1. The second kappa shape index (κ2) is 9.95. The summed E-state index contributed by atoms with van der Waals surface area (Å²) in [6, 6.07) is 3.18. The molecule has 2 N–H and O–H groups in total. The molecule has 10 heteroatoms. The van der Waals surface area contributed by atoms with Gasteiger partial charge < -0.3 is 15.4 Å². The lowest BCUT2D eigenvalue weighted by Gasteiger charge is -2.33. The van der Waals surface area contributed by atoms with E-state index in [1.807, 2.05) is 19.1 Å². The maximum Gasteiger partial charge on any atom is 0.277 e. The van der Waals surface area contributed by atoms with Gasteiger partial charge >= 0.3 is 0 Å². The molecule has 3 fully saturated rings. The van der Waals surface area contributed by atoms with Crippen LogP contribution in [0, 0.1) is 5.92 Å². The largest absolute Gasteiger partial charge is 0.366 e. The van der Waals surface area contributed by atoms with E-state index in [0.29, 0.717) is 5.69 Å². The first-order valence-electron chi connectivity index (χ1n) is 12.2. The first-order valence-corrected chi connectivity index (χ1v) is 13.5. The van der Waals surface area contributed by atoms with Gasteiger partial charge in [-0.2, -0.15) is 0 Å². The number of ketones is 1. The van der Waals surface area contributed by atoms with E-state index in [2.05, 4.69) is 9.97 Å². The molecule has 0 aromatic carbocycles. The number of primary amides is 1. The highest BCUT2D eigenvalue weighted by Crippen LogP contribution is 2.44. The highest BCUT2D eigenvalue weighted by molar-refractivity contribution is 7.17. The number of ether oxygens (including phenoxy) is 1. The number of fused-ring (bicyclic) bond motifs is 1. The van der Waals surface area contributed by atoms with E-state index >= 15 is 0 Å². The summed E-state index contributed by atoms with van der Waals surface area (Å²) in [5.74, 6) is -1.45. The van der Waals surface area contributed by atoms with E-state index in [1.54, 1.807) is 11.1 Å². The van der Waals surface area contributed by atoms with Crippen molar-refractivity contribution in [1.29, 1.82) is 0 Å². The van der Waals surface area contributed by atoms with Crippen molar-refractivity contribution < 1.29 is 19.1 Å². The molecule has 0 unspecified atom stereocenters. The van der Waals surface area contributed by atoms with Crippen molar-refractivity contribution in [3.05, 3.63) is 34.7 Å². The Morgan fingerprint density at radius 1 is 1.31 bits per heavy atom. The summed E-state index contributed by atoms with van der Waals surface area (Å²) in [6.45, 7) is 2.25. The van der Waals surface area contributed by atoms with E-state index < -0.39 is 29.3 Å². The van der Waals surface area contributed by atoms with Gasteiger partial charge in [0.25, 0.3) is 5.91 Å². The molecule has 2 saturated heterocycles. The third-order valence-corrected chi connectivity index (χ3v) is 8.91. The maximum atomic E-state index is 14.3. The van der Waals surface area contributed by atoms with Crippen LogP contribution in [-0.2, 0) is 20.7 Å². The summed E-state index contributed by atoms with van der Waals surface area (Å²) in [5.41, 5.74) is 7.97. The molecule has 1 aliphatic carbocycles. The number of hydrogen-bond acceptors (Lipinski definition) is 7. The van der Waals surface area contributed by atoms with Crippen LogP contribution >= 0.6 is 22.9 Å². The highest BCUT2D eigenvalue weighted by Gasteiger charge is 2.53. The minimum absolute atomic E-state index is 0.0268. The molecule has 8 nitrogen and oxygen atoms in total. The van der Waals surface area contributed by atoms with Crippen LogP contribution in [0.1, 0.15) is 66.1 Å². The predicted octanol–water partition coefficient (Wildman–Crippen LogP) is 3.32. The Morgan fingerprint density at radius 3 is 2.80 bits per heavy atom. The molecule has 1 saturated carbocycles. The quantitative estimate of drug-likeness (QED) is 0.589. The van der Waals surface area contributed by atoms with Gasteiger partial charge in [0.1, 0.15) is 18.8 Å². The number of nitrogens with zero attached hydrogens (tertiary/aromatic N) is 3. The third-order valence-electron chi connectivity index (χ3n) is 7.39. The molecule has 186 valence electrons. The van der Waals surface area contributed by atoms with Gasteiger partial charge in [-0.3, -0.25) is 19.4 Å². The lowest BCUT2D eigenvalue weighted by molar-refractivity contribution is -0.139. The number of rotatable bonds is 6. The average Bonchev–Trinajstić information content (AvgIpc) is 3.56. The zero-order chi connectivity index (χ0) is 24.7. The fraction of sp³-hybridized carbons (Fsp3) is 0.560. The molecule has 5 rings (SSSR count). The number of carbonyl (C=O) groups is 3. The van der Waals surface area contributed by atoms with Crippen LogP contribution in [0.15, 0.2) is 18.3 Å². The topological polar surface area (TPSA) is 115 Å². The maximum absolute atomic E-state index is 14.3. The Bertz CT molecular complexity index is 1150. The van der Waals surface area contributed by atoms with Crippen molar-refractivity contribution in [2.24, 2.45) is 11.7 Å². The fourth-order valence-corrected chi connectivity index (χ4v) is 7.00. The van der Waals surface area contributed by atoms with Crippen LogP contribution in [0.3, 0.4) is 0 Å². The van der Waals surface area contributed by atoms with Crippen molar-refractivity contribution >= 4 is 40.5 Å². The molecule has 3 aliphatic rings. The van der Waals surface area contributed by atoms with Crippen molar-refractivity contribution in [1.82, 2.24) is 14.9 Å². The Hall–Kier alpha value is -2.36. The molecule has 4 atom stereocenters. The molecular formula is C25H29ClN4O4S. The van der Waals surface area contributed by atoms with Crippen molar-refractivity contribution in [3.63, 3.8) is 0 Å². The standard InChI is InChI=1S/C25H29ClN4O4S/c1-2-15-10-14(8-9-28-15)22-19(29-24(35-22)23(27)32)18(13-6-4-3-5-7-13)25(33)30-11-16(26)21-20(30)17(31)12-34-21/h8-10,13,16,18,20-21H,2-7,11-12H2,1H3,(H2,27,32)/t16-,18-,20+,21+/m0/s1. The second-order valence-electron chi connectivity index (χ2n) is 9.56. The minimum Gasteiger partial charge on any atom is -0.366 e. The summed E-state index contributed by atoms with van der Waals surface area (Å²) in [4.78, 5) is 50.5. The molecule has 0 spiro atoms. The monoisotopic (exact) mass is 516 g/mol. The van der Waals surface area contributed by atoms with Crippen LogP contribution < -0.4 is 5.73 Å². The molecule has 0 bridgehead atoms. The van der Waals surface area contributed by atoms with E-state index in [1.165, 1.54) is 11.3 Å². The number of pyridine rings is 1. The van der Waals surface area contributed by atoms with Crippen LogP contribution in [0.4, 0.5) is 0 Å². The smallest absolute Gasteiger partial charge is 0.277 e. The molecule has 4 heterocycles. The van der Waals surface area contributed by atoms with Gasteiger partial charge in [-0.1, -0.05) is 26.2 Å². The summed E-state index contributed by atoms with van der Waals surface area (Å²) in [5, 5.41) is -0.265. The van der Waals surface area contributed by atoms with Crippen LogP contribution in [-0.4, -0.2) is 63.1 Å². The van der Waals surface area contributed by atoms with Crippen LogP contribution in [0.5, 0.6) is 0 Å². The number of carbonyl (C=O) groups excluding carboxylic acids is 3. The number of aromatic nitrogens is 2. The van der Waals surface area contributed by atoms with Gasteiger partial charge in [0, 0.05) is 18.4 Å². The number of nitrogens with two attached hydrogens (primary N) is 1. The minimum atomic E-state index is -0.665. The first-order chi connectivity index (χ1) is 16.9. The van der Waals surface area contributed by atoms with Crippen molar-refractivity contribution in [3.8, 4) is 10.4 Å². The van der Waals surface area contributed by atoms with Crippen molar-refractivity contribution in [2.45, 2.75) is 68.9 Å². The van der Waals surface area contributed by atoms with Crippen LogP contribution in [0.2, 0.25) is 0 Å². The predicted molar refractivity (Wildman–Crippen MR) is 132 cm³/mol. The van der Waals surface area contributed by atoms with Crippen LogP contribution in [0.25, 0.3) is 10.4 Å². The summed E-state index contributed by atoms with van der Waals surface area (Å²) >= 11 is 7.72. The van der Waals surface area contributed by atoms with Gasteiger partial charge in [-0.15, -0.1) is 22.9 Å². The number of likely N-dealkylation sites (tertiary alicyclic amines) is 1. The van der Waals surface area contributed by atoms with Gasteiger partial charge in [0.05, 0.1) is 21.9 Å². The lowest BCUT2D eigenvalue weighted by Crippen LogP contribution is -2.45. The zero-order valence-corrected chi connectivity index (χ0v) is 21.2. The molecule has 2 amide bonds. The Balaban J connectivity index is 1.61. The normalized spacial score (nSPS) is 25.6. The number of thiazole rings is 1. The molecule has 35 heavy (non-hydrogen) atoms. The summed E-state index contributed by atoms with van der Waals surface area (Å²) in [6.07, 6.45) is 6.95. The average molecular weight is 517 g/mol. The Kier molecular flexibility index (Phi) is 6.92. The highest BCUT2D eigenvalue weighted by atomic mass is 35.5. The van der Waals surface area contributed by atoms with Gasteiger partial charge in [-0.25, -0.2) is 4.98 Å². The third kappa shape index (κ3) is 4.49. The van der Waals surface area contributed by atoms with E-state index in [4.69, 9.17) is 22.1 Å². The van der Waals surface area contributed by atoms with E-state index in [0.717, 1.165) is 54.7 Å². The molecule has 2 aromatic rings. The summed E-state index contributed by atoms with van der Waals surface area (Å²) in [7, 11) is 0. The fourth-order valence-electron chi connectivity index (χ4n) is 5.68. The number of amides is 2. The number of Topliss-reactive ketones (excluding diaryl/α,β-unsaturated/α-hetero) is 1. The van der Waals surface area contributed by atoms with E-state index in [-0.39, 0.29) is 35.8 Å². The van der Waals surface area contributed by atoms with Crippen molar-refractivity contribution in [2.75, 3.05) is 13.2 Å². The lowest BCUT2D eigenvalue weighted by atomic mass is 9.77. The summed E-state index contributed by atoms with van der Waals surface area (Å²) < 4.78 is 5.61. The SMILES string of the molecule is CCc1cc(-c2sc(C(N)=O)nc2[C@@H](C(=O)N2C[C@H](Cl)[C@H]3OCC(=O)[C@H]32)C2CCCCC2)ccn1. The van der Waals surface area contributed by atoms with E-state index in [9.17, 15) is 14.4 Å². The Labute approximate surface area is 213 Å². The second-order valence-corrected chi connectivity index (χ2v) is 11.1. The van der Waals surface area contributed by atoms with Gasteiger partial charge in [-0.05, 0) is 42.9 Å². The number of aryl methyl sites for hydroxylation is 1.